The van der Waals surface area contributed by atoms with Crippen LogP contribution in [0.5, 0.6) is 0 Å². The van der Waals surface area contributed by atoms with Crippen LogP contribution in [-0.2, 0) is 28.5 Å². The molecule has 0 unspecified atom stereocenters. The highest BCUT2D eigenvalue weighted by molar-refractivity contribution is 5.85. The zero-order valence-electron chi connectivity index (χ0n) is 27.3. The second-order valence-electron chi connectivity index (χ2n) is 15.8. The highest BCUT2D eigenvalue weighted by Gasteiger charge is 2.71. The summed E-state index contributed by atoms with van der Waals surface area (Å²) in [5, 5.41) is 76.8. The molecule has 6 fully saturated rings. The topological polar surface area (TPSA) is 205 Å². The molecule has 7 rings (SSSR count). The van der Waals surface area contributed by atoms with Gasteiger partial charge in [-0.1, -0.05) is 6.92 Å². The summed E-state index contributed by atoms with van der Waals surface area (Å²) < 4.78 is 28.8. The minimum Gasteiger partial charge on any atom is -0.458 e. The molecule has 4 saturated carbocycles. The van der Waals surface area contributed by atoms with E-state index in [-0.39, 0.29) is 56.1 Å². The van der Waals surface area contributed by atoms with E-state index >= 15 is 0 Å². The van der Waals surface area contributed by atoms with E-state index in [2.05, 4.69) is 6.92 Å². The standard InChI is InChI=1S/C34H52O13/c1-17-29(47-30-28(40)27(39)24(37)15-44-30)23(36)12-26(45-17)46-19-3-8-32(16-35)21-4-7-31(2)20(18-11-25(38)43-14-18)6-10-34(31,42)22(21)5-9-33(32,41)13-19/h11,17,19-24,26-30,35-37,39-42H,3-10,12-16H2,1-2H3/t17-,19+,20-,21+,22-,23+,24-,26+,27+,28-,29-,30+,31-,32+,33+,34+/m1/s1. The smallest absolute Gasteiger partial charge is 0.331 e. The maximum atomic E-state index is 12.5. The predicted molar refractivity (Wildman–Crippen MR) is 161 cm³/mol. The first kappa shape index (κ1) is 34.2. The molecule has 0 spiro atoms. The van der Waals surface area contributed by atoms with Gasteiger partial charge in [-0.25, -0.2) is 4.79 Å². The highest BCUT2D eigenvalue weighted by atomic mass is 16.7. The molecule has 0 aromatic heterocycles. The number of ether oxygens (including phenoxy) is 5. The second kappa shape index (κ2) is 12.2. The van der Waals surface area contributed by atoms with Gasteiger partial charge in [0, 0.05) is 29.7 Å². The summed E-state index contributed by atoms with van der Waals surface area (Å²) >= 11 is 0. The van der Waals surface area contributed by atoms with Gasteiger partial charge in [0.15, 0.2) is 12.6 Å². The first-order chi connectivity index (χ1) is 22.2. The molecule has 4 aliphatic carbocycles. The van der Waals surface area contributed by atoms with Gasteiger partial charge in [-0.2, -0.15) is 0 Å². The molecule has 7 aliphatic rings. The van der Waals surface area contributed by atoms with Crippen molar-refractivity contribution in [2.75, 3.05) is 19.8 Å². The molecule has 0 bridgehead atoms. The van der Waals surface area contributed by atoms with E-state index in [1.54, 1.807) is 13.0 Å². The fourth-order valence-corrected chi connectivity index (χ4v) is 11.2. The van der Waals surface area contributed by atoms with Crippen LogP contribution in [0, 0.1) is 28.6 Å². The number of cyclic esters (lactones) is 1. The van der Waals surface area contributed by atoms with Crippen molar-refractivity contribution >= 4 is 5.97 Å². The number of rotatable bonds is 6. The lowest BCUT2D eigenvalue weighted by Gasteiger charge is -2.66. The normalized spacial score (nSPS) is 54.7. The monoisotopic (exact) mass is 668 g/mol. The Morgan fingerprint density at radius 1 is 0.936 bits per heavy atom. The lowest BCUT2D eigenvalue weighted by molar-refractivity contribution is -0.332. The zero-order valence-corrected chi connectivity index (χ0v) is 27.3. The number of fused-ring (bicyclic) bond motifs is 5. The van der Waals surface area contributed by atoms with Crippen molar-refractivity contribution in [1.29, 1.82) is 0 Å². The average molecular weight is 669 g/mol. The average Bonchev–Trinajstić information content (AvgIpc) is 3.57. The molecule has 7 N–H and O–H groups in total. The Labute approximate surface area is 274 Å². The van der Waals surface area contributed by atoms with Crippen LogP contribution in [0.4, 0.5) is 0 Å². The quantitative estimate of drug-likeness (QED) is 0.148. The summed E-state index contributed by atoms with van der Waals surface area (Å²) in [6, 6.07) is 0. The molecule has 0 aromatic carbocycles. The summed E-state index contributed by atoms with van der Waals surface area (Å²) in [7, 11) is 0. The van der Waals surface area contributed by atoms with Crippen LogP contribution in [0.3, 0.4) is 0 Å². The molecule has 266 valence electrons. The molecule has 0 aromatic rings. The van der Waals surface area contributed by atoms with Gasteiger partial charge < -0.3 is 59.4 Å². The number of hydrogen-bond donors (Lipinski definition) is 7. The molecule has 16 atom stereocenters. The first-order valence-corrected chi connectivity index (χ1v) is 17.5. The first-order valence-electron chi connectivity index (χ1n) is 17.5. The summed E-state index contributed by atoms with van der Waals surface area (Å²) in [5.41, 5.74) is -2.41. The van der Waals surface area contributed by atoms with E-state index in [4.69, 9.17) is 23.7 Å². The van der Waals surface area contributed by atoms with Crippen molar-refractivity contribution in [2.45, 2.75) is 145 Å². The fourth-order valence-electron chi connectivity index (χ4n) is 11.2. The Hall–Kier alpha value is -1.23. The van der Waals surface area contributed by atoms with Crippen molar-refractivity contribution in [1.82, 2.24) is 0 Å². The van der Waals surface area contributed by atoms with Crippen molar-refractivity contribution in [3.63, 3.8) is 0 Å². The van der Waals surface area contributed by atoms with Crippen LogP contribution in [0.15, 0.2) is 11.6 Å². The Morgan fingerprint density at radius 2 is 1.70 bits per heavy atom. The molecule has 13 nitrogen and oxygen atoms in total. The summed E-state index contributed by atoms with van der Waals surface area (Å²) in [6.07, 6.45) is -2.10. The molecule has 47 heavy (non-hydrogen) atoms. The van der Waals surface area contributed by atoms with E-state index in [1.807, 2.05) is 0 Å². The van der Waals surface area contributed by atoms with Crippen LogP contribution >= 0.6 is 0 Å². The van der Waals surface area contributed by atoms with E-state index in [0.717, 1.165) is 24.8 Å². The highest BCUT2D eigenvalue weighted by Crippen LogP contribution is 2.70. The number of aliphatic hydroxyl groups excluding tert-OH is 5. The maximum Gasteiger partial charge on any atom is 0.331 e. The fraction of sp³-hybridized carbons (Fsp3) is 0.912. The SMILES string of the molecule is C[C@H]1O[C@@H](O[C@H]2CC[C@]3(CO)[C@H]4CC[C@]5(C)[C@@H](C6=CC(=O)OC6)CC[C@]5(O)[C@@H]4CC[C@]3(O)C2)C[C@H](O)[C@@H]1O[C@@H]1OC[C@@H](O)[C@H](O)[C@H]1O. The second-order valence-corrected chi connectivity index (χ2v) is 15.8. The Morgan fingerprint density at radius 3 is 2.40 bits per heavy atom. The minimum atomic E-state index is -1.49. The van der Waals surface area contributed by atoms with E-state index in [0.29, 0.717) is 38.5 Å². The zero-order chi connectivity index (χ0) is 33.5. The number of hydrogen-bond acceptors (Lipinski definition) is 13. The van der Waals surface area contributed by atoms with Gasteiger partial charge in [0.2, 0.25) is 0 Å². The van der Waals surface area contributed by atoms with Crippen molar-refractivity contribution < 1.29 is 64.2 Å². The Balaban J connectivity index is 1.01. The lowest BCUT2D eigenvalue weighted by Crippen LogP contribution is -2.69. The predicted octanol–water partition coefficient (Wildman–Crippen LogP) is 0.0359. The van der Waals surface area contributed by atoms with Gasteiger partial charge in [-0.15, -0.1) is 0 Å². The van der Waals surface area contributed by atoms with E-state index in [9.17, 15) is 40.5 Å². The molecule has 2 saturated heterocycles. The van der Waals surface area contributed by atoms with Gasteiger partial charge in [0.05, 0.1) is 42.7 Å². The van der Waals surface area contributed by atoms with Gasteiger partial charge in [-0.05, 0) is 81.6 Å². The number of carbonyl (C=O) groups excluding carboxylic acids is 1. The molecular formula is C34H52O13. The minimum absolute atomic E-state index is 0.0629. The lowest BCUT2D eigenvalue weighted by atomic mass is 9.41. The number of esters is 1. The molecule has 13 heteroatoms. The van der Waals surface area contributed by atoms with Gasteiger partial charge >= 0.3 is 5.97 Å². The van der Waals surface area contributed by atoms with Crippen LogP contribution in [0.25, 0.3) is 0 Å². The van der Waals surface area contributed by atoms with Crippen molar-refractivity contribution in [3.8, 4) is 0 Å². The third kappa shape index (κ3) is 5.26. The van der Waals surface area contributed by atoms with Crippen LogP contribution in [-0.4, -0.2) is 128 Å². The van der Waals surface area contributed by atoms with Crippen LogP contribution < -0.4 is 0 Å². The van der Waals surface area contributed by atoms with Gasteiger partial charge in [0.25, 0.3) is 0 Å². The third-order valence-corrected chi connectivity index (χ3v) is 13.8. The molecule has 3 heterocycles. The van der Waals surface area contributed by atoms with Crippen LogP contribution in [0.2, 0.25) is 0 Å². The molecule has 0 amide bonds. The van der Waals surface area contributed by atoms with E-state index < -0.39 is 71.2 Å². The van der Waals surface area contributed by atoms with Crippen molar-refractivity contribution in [3.05, 3.63) is 11.6 Å². The van der Waals surface area contributed by atoms with Crippen molar-refractivity contribution in [2.24, 2.45) is 28.6 Å². The summed E-state index contributed by atoms with van der Waals surface area (Å²) in [6.45, 7) is 3.74. The third-order valence-electron chi connectivity index (χ3n) is 13.8. The van der Waals surface area contributed by atoms with Gasteiger partial charge in [0.1, 0.15) is 31.0 Å². The number of carbonyl (C=O) groups is 1. The number of aliphatic hydroxyl groups is 7. The van der Waals surface area contributed by atoms with Crippen LogP contribution in [0.1, 0.15) is 78.1 Å². The maximum absolute atomic E-state index is 12.5. The Bertz CT molecular complexity index is 1220. The molecule has 3 aliphatic heterocycles. The van der Waals surface area contributed by atoms with Gasteiger partial charge in [-0.3, -0.25) is 0 Å². The largest absolute Gasteiger partial charge is 0.458 e. The summed E-state index contributed by atoms with van der Waals surface area (Å²) in [5.74, 6) is -0.406. The molecular weight excluding hydrogens is 616 g/mol. The summed E-state index contributed by atoms with van der Waals surface area (Å²) in [4.78, 5) is 11.9. The Kier molecular flexibility index (Phi) is 8.90. The van der Waals surface area contributed by atoms with E-state index in [1.165, 1.54) is 0 Å². The molecule has 0 radical (unpaired) electrons.